The quantitative estimate of drug-likeness (QED) is 0.841. The number of para-hydroxylation sites is 1. The molecule has 0 aliphatic rings. The smallest absolute Gasteiger partial charge is 0.419 e. The van der Waals surface area contributed by atoms with E-state index in [1.165, 1.54) is 30.3 Å². The molecule has 0 unspecified atom stereocenters. The first kappa shape index (κ1) is 15.4. The topological polar surface area (TPSA) is 46.5 Å². The highest BCUT2D eigenvalue weighted by molar-refractivity contribution is 9.10. The Hall–Kier alpha value is -2.02. The number of aromatic carboxylic acids is 1. The minimum atomic E-state index is -4.56. The zero-order valence-electron chi connectivity index (χ0n) is 10.3. The first-order valence-electron chi connectivity index (χ1n) is 5.66. The third-order valence-electron chi connectivity index (χ3n) is 2.59. The molecule has 2 aromatic carbocycles. The molecule has 3 nitrogen and oxygen atoms in total. The second kappa shape index (κ2) is 5.77. The van der Waals surface area contributed by atoms with Crippen LogP contribution in [0.2, 0.25) is 0 Å². The van der Waals surface area contributed by atoms with Crippen LogP contribution in [-0.2, 0) is 6.18 Å². The van der Waals surface area contributed by atoms with Crippen LogP contribution in [0.25, 0.3) is 0 Å². The maximum absolute atomic E-state index is 12.9. The number of carboxylic acid groups (broad SMARTS) is 1. The van der Waals surface area contributed by atoms with Gasteiger partial charge in [-0.3, -0.25) is 0 Å². The van der Waals surface area contributed by atoms with E-state index in [2.05, 4.69) is 15.9 Å². The number of carboxylic acids is 1. The second-order valence-electron chi connectivity index (χ2n) is 4.05. The molecule has 7 heteroatoms. The van der Waals surface area contributed by atoms with Crippen molar-refractivity contribution in [1.29, 1.82) is 0 Å². The van der Waals surface area contributed by atoms with Gasteiger partial charge in [0.2, 0.25) is 0 Å². The summed E-state index contributed by atoms with van der Waals surface area (Å²) in [5.41, 5.74) is -1.02. The third kappa shape index (κ3) is 3.55. The van der Waals surface area contributed by atoms with Gasteiger partial charge in [0.25, 0.3) is 0 Å². The van der Waals surface area contributed by atoms with Crippen LogP contribution in [0.1, 0.15) is 15.9 Å². The molecule has 0 radical (unpaired) electrons. The molecule has 2 aromatic rings. The van der Waals surface area contributed by atoms with E-state index in [0.29, 0.717) is 4.47 Å². The summed E-state index contributed by atoms with van der Waals surface area (Å²) in [5, 5.41) is 8.90. The van der Waals surface area contributed by atoms with Gasteiger partial charge in [-0.25, -0.2) is 4.79 Å². The van der Waals surface area contributed by atoms with Crippen molar-refractivity contribution in [2.75, 3.05) is 0 Å². The van der Waals surface area contributed by atoms with Crippen molar-refractivity contribution in [3.05, 3.63) is 58.1 Å². The number of benzene rings is 2. The van der Waals surface area contributed by atoms with Gasteiger partial charge in [0.15, 0.2) is 0 Å². The van der Waals surface area contributed by atoms with E-state index in [4.69, 9.17) is 9.84 Å². The number of carbonyl (C=O) groups is 1. The Balaban J connectivity index is 2.44. The van der Waals surface area contributed by atoms with Crippen LogP contribution in [0, 0.1) is 0 Å². The summed E-state index contributed by atoms with van der Waals surface area (Å²) in [6.45, 7) is 0. The molecule has 0 aromatic heterocycles. The summed E-state index contributed by atoms with van der Waals surface area (Å²) in [5.74, 6) is -1.60. The van der Waals surface area contributed by atoms with Crippen LogP contribution in [0.3, 0.4) is 0 Å². The van der Waals surface area contributed by atoms with Gasteiger partial charge < -0.3 is 9.84 Å². The molecule has 2 rings (SSSR count). The SMILES string of the molecule is O=C(O)c1ccc(Br)c(Oc2ccccc2C(F)(F)F)c1. The molecule has 110 valence electrons. The van der Waals surface area contributed by atoms with Gasteiger partial charge >= 0.3 is 12.1 Å². The molecule has 0 aliphatic carbocycles. The molecule has 0 amide bonds. The molecule has 21 heavy (non-hydrogen) atoms. The van der Waals surface area contributed by atoms with Crippen molar-refractivity contribution < 1.29 is 27.8 Å². The molecule has 0 fully saturated rings. The largest absolute Gasteiger partial charge is 0.478 e. The standard InChI is InChI=1S/C14H8BrF3O3/c15-10-6-5-8(13(19)20)7-12(10)21-11-4-2-1-3-9(11)14(16,17)18/h1-7H,(H,19,20). The highest BCUT2D eigenvalue weighted by atomic mass is 79.9. The van der Waals surface area contributed by atoms with E-state index in [-0.39, 0.29) is 11.3 Å². The Morgan fingerprint density at radius 2 is 1.76 bits per heavy atom. The molecule has 1 N–H and O–H groups in total. The number of hydrogen-bond acceptors (Lipinski definition) is 2. The van der Waals surface area contributed by atoms with Gasteiger partial charge in [0, 0.05) is 0 Å². The lowest BCUT2D eigenvalue weighted by Gasteiger charge is -2.14. The van der Waals surface area contributed by atoms with Crippen molar-refractivity contribution >= 4 is 21.9 Å². The van der Waals surface area contributed by atoms with Gasteiger partial charge in [-0.15, -0.1) is 0 Å². The zero-order chi connectivity index (χ0) is 15.6. The molecular weight excluding hydrogens is 353 g/mol. The monoisotopic (exact) mass is 360 g/mol. The third-order valence-corrected chi connectivity index (χ3v) is 3.25. The van der Waals surface area contributed by atoms with E-state index in [1.54, 1.807) is 0 Å². The van der Waals surface area contributed by atoms with Gasteiger partial charge in [0.05, 0.1) is 15.6 Å². The zero-order valence-corrected chi connectivity index (χ0v) is 11.9. The van der Waals surface area contributed by atoms with E-state index in [0.717, 1.165) is 12.1 Å². The fourth-order valence-corrected chi connectivity index (χ4v) is 1.95. The molecule has 0 spiro atoms. The van der Waals surface area contributed by atoms with E-state index in [1.807, 2.05) is 0 Å². The fraction of sp³-hybridized carbons (Fsp3) is 0.0714. The summed E-state index contributed by atoms with van der Waals surface area (Å²) >= 11 is 3.11. The van der Waals surface area contributed by atoms with Gasteiger partial charge in [0.1, 0.15) is 11.5 Å². The van der Waals surface area contributed by atoms with Crippen LogP contribution in [-0.4, -0.2) is 11.1 Å². The van der Waals surface area contributed by atoms with Crippen LogP contribution >= 0.6 is 15.9 Å². The van der Waals surface area contributed by atoms with Gasteiger partial charge in [-0.2, -0.15) is 13.2 Å². The Kier molecular flexibility index (Phi) is 4.22. The first-order valence-corrected chi connectivity index (χ1v) is 6.45. The minimum absolute atomic E-state index is 0.00778. The highest BCUT2D eigenvalue weighted by Crippen LogP contribution is 2.39. The number of rotatable bonds is 3. The number of halogens is 4. The van der Waals surface area contributed by atoms with Crippen LogP contribution in [0.4, 0.5) is 13.2 Å². The molecule has 0 heterocycles. The summed E-state index contributed by atoms with van der Waals surface area (Å²) in [6, 6.07) is 8.58. The predicted molar refractivity (Wildman–Crippen MR) is 72.6 cm³/mol. The average Bonchev–Trinajstić information content (AvgIpc) is 2.40. The average molecular weight is 361 g/mol. The highest BCUT2D eigenvalue weighted by Gasteiger charge is 2.34. The summed E-state index contributed by atoms with van der Waals surface area (Å²) in [4.78, 5) is 10.9. The Morgan fingerprint density at radius 1 is 1.10 bits per heavy atom. The van der Waals surface area contributed by atoms with Crippen LogP contribution in [0.5, 0.6) is 11.5 Å². The lowest BCUT2D eigenvalue weighted by atomic mass is 10.2. The number of alkyl halides is 3. The molecule has 0 atom stereocenters. The first-order chi connectivity index (χ1) is 9.79. The van der Waals surface area contributed by atoms with Crippen LogP contribution < -0.4 is 4.74 Å². The fourth-order valence-electron chi connectivity index (χ4n) is 1.62. The lowest BCUT2D eigenvalue weighted by Crippen LogP contribution is -2.07. The number of ether oxygens (including phenoxy) is 1. The normalized spacial score (nSPS) is 11.2. The minimum Gasteiger partial charge on any atom is -0.478 e. The Morgan fingerprint density at radius 3 is 2.38 bits per heavy atom. The van der Waals surface area contributed by atoms with Crippen molar-refractivity contribution in [3.8, 4) is 11.5 Å². The maximum atomic E-state index is 12.9. The van der Waals surface area contributed by atoms with E-state index >= 15 is 0 Å². The van der Waals surface area contributed by atoms with Crippen molar-refractivity contribution in [2.45, 2.75) is 6.18 Å². The second-order valence-corrected chi connectivity index (χ2v) is 4.90. The predicted octanol–water partition coefficient (Wildman–Crippen LogP) is 4.96. The van der Waals surface area contributed by atoms with Crippen molar-refractivity contribution in [3.63, 3.8) is 0 Å². The van der Waals surface area contributed by atoms with Crippen LogP contribution in [0.15, 0.2) is 46.9 Å². The molecule has 0 aliphatic heterocycles. The van der Waals surface area contributed by atoms with Crippen molar-refractivity contribution in [2.24, 2.45) is 0 Å². The summed E-state index contributed by atoms with van der Waals surface area (Å²) in [6.07, 6.45) is -4.56. The van der Waals surface area contributed by atoms with Gasteiger partial charge in [-0.1, -0.05) is 12.1 Å². The molecule has 0 bridgehead atoms. The number of hydrogen-bond donors (Lipinski definition) is 1. The lowest BCUT2D eigenvalue weighted by molar-refractivity contribution is -0.138. The van der Waals surface area contributed by atoms with E-state index < -0.39 is 23.5 Å². The van der Waals surface area contributed by atoms with Gasteiger partial charge in [-0.05, 0) is 46.3 Å². The maximum Gasteiger partial charge on any atom is 0.419 e. The Labute approximate surface area is 126 Å². The summed E-state index contributed by atoms with van der Waals surface area (Å²) in [7, 11) is 0. The molecule has 0 saturated heterocycles. The van der Waals surface area contributed by atoms with Crippen molar-refractivity contribution in [1.82, 2.24) is 0 Å². The van der Waals surface area contributed by atoms with E-state index in [9.17, 15) is 18.0 Å². The summed E-state index contributed by atoms with van der Waals surface area (Å²) < 4.78 is 44.2. The molecule has 0 saturated carbocycles. The molecular formula is C14H8BrF3O3. The Bertz CT molecular complexity index is 683.